The standard InChI is InChI=1S/C22H31F3N6O/c1-3-30-14-17(16(2)26-30)13-28-9-11-29(12-10-28)20(32)15-31-19-8-6-4-5-7-18(19)21(27-31)22(23,24)25/h14H,3-13,15H2,1-2H3. The van der Waals surface area contributed by atoms with Crippen molar-refractivity contribution in [3.8, 4) is 0 Å². The Hall–Kier alpha value is -2.36. The summed E-state index contributed by atoms with van der Waals surface area (Å²) in [6, 6.07) is 0. The molecule has 10 heteroatoms. The monoisotopic (exact) mass is 452 g/mol. The van der Waals surface area contributed by atoms with Gasteiger partial charge in [0, 0.05) is 62.3 Å². The molecule has 0 saturated carbocycles. The number of carbonyl (C=O) groups is 1. The van der Waals surface area contributed by atoms with Gasteiger partial charge < -0.3 is 4.90 Å². The van der Waals surface area contributed by atoms with Crippen molar-refractivity contribution in [1.29, 1.82) is 0 Å². The van der Waals surface area contributed by atoms with E-state index in [-0.39, 0.29) is 18.0 Å². The first-order valence-corrected chi connectivity index (χ1v) is 11.4. The van der Waals surface area contributed by atoms with Crippen LogP contribution in [0, 0.1) is 6.92 Å². The molecule has 0 N–H and O–H groups in total. The molecule has 32 heavy (non-hydrogen) atoms. The number of hydrogen-bond acceptors (Lipinski definition) is 4. The zero-order chi connectivity index (χ0) is 22.9. The Balaban J connectivity index is 1.39. The number of fused-ring (bicyclic) bond motifs is 1. The molecule has 1 amide bonds. The van der Waals surface area contributed by atoms with E-state index in [2.05, 4.69) is 28.2 Å². The summed E-state index contributed by atoms with van der Waals surface area (Å²) in [7, 11) is 0. The third-order valence-corrected chi connectivity index (χ3v) is 6.55. The molecule has 2 aromatic rings. The molecule has 0 unspecified atom stereocenters. The van der Waals surface area contributed by atoms with Crippen molar-refractivity contribution in [3.63, 3.8) is 0 Å². The maximum Gasteiger partial charge on any atom is 0.435 e. The van der Waals surface area contributed by atoms with Crippen LogP contribution in [0.2, 0.25) is 0 Å². The van der Waals surface area contributed by atoms with Crippen molar-refractivity contribution in [3.05, 3.63) is 34.4 Å². The van der Waals surface area contributed by atoms with Gasteiger partial charge in [0.25, 0.3) is 0 Å². The predicted octanol–water partition coefficient (Wildman–Crippen LogP) is 3.04. The van der Waals surface area contributed by atoms with Gasteiger partial charge in [-0.2, -0.15) is 23.4 Å². The highest BCUT2D eigenvalue weighted by molar-refractivity contribution is 5.76. The van der Waals surface area contributed by atoms with E-state index in [0.29, 0.717) is 31.6 Å². The number of aryl methyl sites for hydroxylation is 2. The Bertz CT molecular complexity index is 956. The highest BCUT2D eigenvalue weighted by Gasteiger charge is 2.39. The summed E-state index contributed by atoms with van der Waals surface area (Å²) in [6.07, 6.45) is 0.964. The summed E-state index contributed by atoms with van der Waals surface area (Å²) < 4.78 is 43.8. The molecule has 0 radical (unpaired) electrons. The highest BCUT2D eigenvalue weighted by atomic mass is 19.4. The van der Waals surface area contributed by atoms with Crippen molar-refractivity contribution in [2.45, 2.75) is 71.8 Å². The Labute approximate surface area is 186 Å². The number of aromatic nitrogens is 4. The second kappa shape index (κ2) is 9.25. The molecular weight excluding hydrogens is 421 g/mol. The van der Waals surface area contributed by atoms with Gasteiger partial charge >= 0.3 is 6.18 Å². The topological polar surface area (TPSA) is 59.2 Å². The first-order valence-electron chi connectivity index (χ1n) is 11.4. The second-order valence-corrected chi connectivity index (χ2v) is 8.74. The van der Waals surface area contributed by atoms with Crippen molar-refractivity contribution in [1.82, 2.24) is 29.4 Å². The van der Waals surface area contributed by atoms with Gasteiger partial charge in [-0.3, -0.25) is 19.1 Å². The van der Waals surface area contributed by atoms with Crippen molar-refractivity contribution in [2.24, 2.45) is 0 Å². The Morgan fingerprint density at radius 3 is 2.44 bits per heavy atom. The van der Waals surface area contributed by atoms with Gasteiger partial charge in [-0.05, 0) is 39.5 Å². The summed E-state index contributed by atoms with van der Waals surface area (Å²) in [5, 5.41) is 8.34. The van der Waals surface area contributed by atoms with Gasteiger partial charge in [0.15, 0.2) is 5.69 Å². The van der Waals surface area contributed by atoms with Crippen LogP contribution in [0.5, 0.6) is 0 Å². The number of hydrogen-bond donors (Lipinski definition) is 0. The maximum atomic E-state index is 13.5. The second-order valence-electron chi connectivity index (χ2n) is 8.74. The van der Waals surface area contributed by atoms with Crippen LogP contribution in [-0.2, 0) is 43.4 Å². The van der Waals surface area contributed by atoms with Crippen LogP contribution in [0.25, 0.3) is 0 Å². The number of carbonyl (C=O) groups excluding carboxylic acids is 1. The lowest BCUT2D eigenvalue weighted by molar-refractivity contribution is -0.142. The molecule has 176 valence electrons. The average molecular weight is 453 g/mol. The maximum absolute atomic E-state index is 13.5. The molecule has 0 atom stereocenters. The molecule has 1 aliphatic heterocycles. The fraction of sp³-hybridized carbons (Fsp3) is 0.682. The molecule has 7 nitrogen and oxygen atoms in total. The van der Waals surface area contributed by atoms with Crippen LogP contribution in [0.4, 0.5) is 13.2 Å². The van der Waals surface area contributed by atoms with E-state index in [1.807, 2.05) is 11.6 Å². The summed E-state index contributed by atoms with van der Waals surface area (Å²) in [4.78, 5) is 16.9. The average Bonchev–Trinajstić information content (AvgIpc) is 3.18. The quantitative estimate of drug-likeness (QED) is 0.655. The molecule has 1 saturated heterocycles. The van der Waals surface area contributed by atoms with E-state index in [1.54, 1.807) is 4.90 Å². The predicted molar refractivity (Wildman–Crippen MR) is 113 cm³/mol. The fourth-order valence-corrected chi connectivity index (χ4v) is 4.71. The summed E-state index contributed by atoms with van der Waals surface area (Å²) in [6.45, 7) is 8.14. The number of piperazine rings is 1. The SMILES string of the molecule is CCn1cc(CN2CCN(C(=O)Cn3nc(C(F)(F)F)c4c3CCCCC4)CC2)c(C)n1. The molecule has 0 bridgehead atoms. The normalized spacial score (nSPS) is 18.0. The molecule has 3 heterocycles. The van der Waals surface area contributed by atoms with Crippen molar-refractivity contribution < 1.29 is 18.0 Å². The Morgan fingerprint density at radius 1 is 1.06 bits per heavy atom. The molecule has 0 aromatic carbocycles. The first kappa shape index (κ1) is 22.8. The third kappa shape index (κ3) is 4.84. The van der Waals surface area contributed by atoms with E-state index in [1.165, 1.54) is 10.2 Å². The lowest BCUT2D eigenvalue weighted by Gasteiger charge is -2.34. The molecule has 1 aliphatic carbocycles. The number of halogens is 3. The minimum absolute atomic E-state index is 0.124. The summed E-state index contributed by atoms with van der Waals surface area (Å²) >= 11 is 0. The minimum atomic E-state index is -4.49. The zero-order valence-corrected chi connectivity index (χ0v) is 18.8. The molecule has 4 rings (SSSR count). The lowest BCUT2D eigenvalue weighted by atomic mass is 10.1. The van der Waals surface area contributed by atoms with Gasteiger partial charge in [0.2, 0.25) is 5.91 Å². The largest absolute Gasteiger partial charge is 0.435 e. The molecular formula is C22H31F3N6O. The van der Waals surface area contributed by atoms with E-state index in [4.69, 9.17) is 0 Å². The van der Waals surface area contributed by atoms with Crippen LogP contribution in [0.1, 0.15) is 54.4 Å². The van der Waals surface area contributed by atoms with Gasteiger partial charge in [-0.25, -0.2) is 0 Å². The van der Waals surface area contributed by atoms with Gasteiger partial charge in [0.1, 0.15) is 6.54 Å². The first-order chi connectivity index (χ1) is 15.3. The fourth-order valence-electron chi connectivity index (χ4n) is 4.71. The zero-order valence-electron chi connectivity index (χ0n) is 18.8. The number of amides is 1. The van der Waals surface area contributed by atoms with Crippen molar-refractivity contribution in [2.75, 3.05) is 26.2 Å². The van der Waals surface area contributed by atoms with E-state index in [9.17, 15) is 18.0 Å². The van der Waals surface area contributed by atoms with Crippen LogP contribution in [-0.4, -0.2) is 61.4 Å². The van der Waals surface area contributed by atoms with Crippen LogP contribution < -0.4 is 0 Å². The molecule has 2 aromatic heterocycles. The molecule has 0 spiro atoms. The van der Waals surface area contributed by atoms with Crippen LogP contribution in [0.15, 0.2) is 6.20 Å². The van der Waals surface area contributed by atoms with Crippen LogP contribution in [0.3, 0.4) is 0 Å². The lowest BCUT2D eigenvalue weighted by Crippen LogP contribution is -2.49. The summed E-state index contributed by atoms with van der Waals surface area (Å²) in [5.74, 6) is -0.164. The summed E-state index contributed by atoms with van der Waals surface area (Å²) in [5.41, 5.74) is 2.27. The van der Waals surface area contributed by atoms with Gasteiger partial charge in [-0.1, -0.05) is 6.42 Å². The van der Waals surface area contributed by atoms with E-state index < -0.39 is 11.9 Å². The molecule has 1 fully saturated rings. The smallest absolute Gasteiger partial charge is 0.339 e. The molecule has 2 aliphatic rings. The van der Waals surface area contributed by atoms with E-state index in [0.717, 1.165) is 51.1 Å². The van der Waals surface area contributed by atoms with Crippen LogP contribution >= 0.6 is 0 Å². The third-order valence-electron chi connectivity index (χ3n) is 6.55. The van der Waals surface area contributed by atoms with Crippen molar-refractivity contribution >= 4 is 5.91 Å². The van der Waals surface area contributed by atoms with Gasteiger partial charge in [0.05, 0.1) is 5.69 Å². The Morgan fingerprint density at radius 2 is 1.78 bits per heavy atom. The number of alkyl halides is 3. The Kier molecular flexibility index (Phi) is 6.60. The van der Waals surface area contributed by atoms with Gasteiger partial charge in [-0.15, -0.1) is 0 Å². The number of rotatable bonds is 5. The minimum Gasteiger partial charge on any atom is -0.339 e. The number of nitrogens with zero attached hydrogens (tertiary/aromatic N) is 6. The highest BCUT2D eigenvalue weighted by Crippen LogP contribution is 2.35. The van der Waals surface area contributed by atoms with E-state index >= 15 is 0 Å².